The van der Waals surface area contributed by atoms with Crippen molar-refractivity contribution in [2.45, 2.75) is 33.1 Å². The summed E-state index contributed by atoms with van der Waals surface area (Å²) in [4.78, 5) is 13.6. The zero-order chi connectivity index (χ0) is 14.0. The molecule has 1 aliphatic heterocycles. The second-order valence-electron chi connectivity index (χ2n) is 5.24. The van der Waals surface area contributed by atoms with Crippen molar-refractivity contribution in [1.82, 2.24) is 0 Å². The Labute approximate surface area is 113 Å². The van der Waals surface area contributed by atoms with Gasteiger partial charge in [0.05, 0.1) is 5.41 Å². The molecule has 1 N–H and O–H groups in total. The predicted octanol–water partition coefficient (Wildman–Crippen LogP) is 3.08. The summed E-state index contributed by atoms with van der Waals surface area (Å²) in [5.41, 5.74) is 1.22. The zero-order valence-electron chi connectivity index (χ0n) is 11.4. The van der Waals surface area contributed by atoms with Crippen molar-refractivity contribution in [2.24, 2.45) is 5.41 Å². The van der Waals surface area contributed by atoms with E-state index in [2.05, 4.69) is 0 Å². The fourth-order valence-electron chi connectivity index (χ4n) is 2.79. The molecule has 0 aliphatic carbocycles. The molecule has 0 aromatic heterocycles. The van der Waals surface area contributed by atoms with Crippen LogP contribution in [0.5, 0.6) is 0 Å². The van der Waals surface area contributed by atoms with Crippen molar-refractivity contribution in [1.29, 1.82) is 0 Å². The van der Waals surface area contributed by atoms with Gasteiger partial charge >= 0.3 is 5.97 Å². The third-order valence-corrected chi connectivity index (χ3v) is 4.34. The monoisotopic (exact) mass is 265 g/mol. The minimum atomic E-state index is -0.762. The lowest BCUT2D eigenvalue weighted by Gasteiger charge is -2.33. The van der Waals surface area contributed by atoms with Crippen LogP contribution in [0.15, 0.2) is 18.2 Å². The van der Waals surface area contributed by atoms with Gasteiger partial charge < -0.3 is 10.0 Å². The molecule has 0 spiro atoms. The number of hydrogen-bond donors (Lipinski definition) is 1. The number of fused-ring (bicyclic) bond motifs is 1. The first kappa shape index (κ1) is 13.8. The van der Waals surface area contributed by atoms with E-state index in [0.29, 0.717) is 19.4 Å². The van der Waals surface area contributed by atoms with Crippen LogP contribution in [0.2, 0.25) is 0 Å². The molecule has 1 aliphatic rings. The molecular formula is C15H20FNO2. The highest BCUT2D eigenvalue weighted by Gasteiger charge is 2.38. The summed E-state index contributed by atoms with van der Waals surface area (Å²) < 4.78 is 13.3. The number of anilines is 1. The van der Waals surface area contributed by atoms with Crippen LogP contribution in [0.1, 0.15) is 32.3 Å². The van der Waals surface area contributed by atoms with Crippen LogP contribution in [0.4, 0.5) is 10.1 Å². The van der Waals surface area contributed by atoms with Gasteiger partial charge in [0.2, 0.25) is 0 Å². The summed E-state index contributed by atoms with van der Waals surface area (Å²) >= 11 is 0. The normalized spacial score (nSPS) is 14.6. The molecule has 0 radical (unpaired) electrons. The third-order valence-electron chi connectivity index (χ3n) is 4.34. The number of nitrogens with zero attached hydrogens (tertiary/aromatic N) is 1. The summed E-state index contributed by atoms with van der Waals surface area (Å²) in [6.45, 7) is 5.03. The van der Waals surface area contributed by atoms with Crippen LogP contribution in [0, 0.1) is 11.2 Å². The first-order valence-electron chi connectivity index (χ1n) is 6.79. The van der Waals surface area contributed by atoms with Gasteiger partial charge in [-0.15, -0.1) is 0 Å². The topological polar surface area (TPSA) is 40.5 Å². The molecule has 3 nitrogen and oxygen atoms in total. The van der Waals surface area contributed by atoms with Gasteiger partial charge in [0.25, 0.3) is 0 Å². The fourth-order valence-corrected chi connectivity index (χ4v) is 2.79. The molecule has 0 unspecified atom stereocenters. The highest BCUT2D eigenvalue weighted by molar-refractivity contribution is 5.76. The minimum absolute atomic E-state index is 0.264. The van der Waals surface area contributed by atoms with Crippen LogP contribution >= 0.6 is 0 Å². The zero-order valence-corrected chi connectivity index (χ0v) is 11.4. The molecule has 4 heteroatoms. The van der Waals surface area contributed by atoms with Crippen molar-refractivity contribution in [2.75, 3.05) is 18.0 Å². The molecule has 1 aromatic carbocycles. The lowest BCUT2D eigenvalue weighted by Crippen LogP contribution is -2.42. The molecule has 104 valence electrons. The van der Waals surface area contributed by atoms with Crippen LogP contribution < -0.4 is 4.90 Å². The Kier molecular flexibility index (Phi) is 3.78. The number of carbonyl (C=O) groups is 1. The van der Waals surface area contributed by atoms with Gasteiger partial charge in [-0.25, -0.2) is 4.39 Å². The maximum absolute atomic E-state index is 13.3. The smallest absolute Gasteiger partial charge is 0.311 e. The van der Waals surface area contributed by atoms with Crippen LogP contribution in [0.3, 0.4) is 0 Å². The Morgan fingerprint density at radius 1 is 1.42 bits per heavy atom. The maximum Gasteiger partial charge on any atom is 0.311 e. The number of carboxylic acids is 1. The van der Waals surface area contributed by atoms with Gasteiger partial charge in [0.1, 0.15) is 5.82 Å². The van der Waals surface area contributed by atoms with Gasteiger partial charge in [-0.1, -0.05) is 19.9 Å². The molecule has 1 heterocycles. The Morgan fingerprint density at radius 2 is 2.11 bits per heavy atom. The largest absolute Gasteiger partial charge is 0.481 e. The molecule has 0 fully saturated rings. The number of hydrogen-bond acceptors (Lipinski definition) is 2. The summed E-state index contributed by atoms with van der Waals surface area (Å²) in [6, 6.07) is 4.78. The van der Waals surface area contributed by atoms with E-state index in [1.807, 2.05) is 18.7 Å². The molecule has 0 saturated heterocycles. The van der Waals surface area contributed by atoms with E-state index in [-0.39, 0.29) is 5.82 Å². The summed E-state index contributed by atoms with van der Waals surface area (Å²) in [5.74, 6) is -1.03. The quantitative estimate of drug-likeness (QED) is 0.889. The fraction of sp³-hybridized carbons (Fsp3) is 0.533. The Bertz CT molecular complexity index is 483. The molecular weight excluding hydrogens is 245 g/mol. The van der Waals surface area contributed by atoms with Gasteiger partial charge in [-0.3, -0.25) is 4.79 Å². The lowest BCUT2D eigenvalue weighted by atomic mass is 9.82. The van der Waals surface area contributed by atoms with Crippen molar-refractivity contribution in [3.63, 3.8) is 0 Å². The molecule has 0 bridgehead atoms. The van der Waals surface area contributed by atoms with Crippen LogP contribution in [-0.4, -0.2) is 24.2 Å². The number of aliphatic carboxylic acids is 1. The summed E-state index contributed by atoms with van der Waals surface area (Å²) in [6.07, 6.45) is 2.03. The lowest BCUT2D eigenvalue weighted by molar-refractivity contribution is -0.148. The standard InChI is InChI=1S/C15H20FNO2/c1-3-15(4-2,14(18)19)10-17-8-7-11-5-6-12(16)9-13(11)17/h5-6,9H,3-4,7-8,10H2,1-2H3,(H,18,19). The van der Waals surface area contributed by atoms with Gasteiger partial charge in [-0.2, -0.15) is 0 Å². The maximum atomic E-state index is 13.3. The first-order chi connectivity index (χ1) is 9.02. The van der Waals surface area contributed by atoms with Gasteiger partial charge in [-0.05, 0) is 37.0 Å². The van der Waals surface area contributed by atoms with Gasteiger partial charge in [0, 0.05) is 18.8 Å². The van der Waals surface area contributed by atoms with Crippen LogP contribution in [0.25, 0.3) is 0 Å². The van der Waals surface area contributed by atoms with E-state index >= 15 is 0 Å². The van der Waals surface area contributed by atoms with Crippen molar-refractivity contribution in [3.8, 4) is 0 Å². The average molecular weight is 265 g/mol. The van der Waals surface area contributed by atoms with Gasteiger partial charge in [0.15, 0.2) is 0 Å². The second kappa shape index (κ2) is 5.19. The Balaban J connectivity index is 2.26. The Morgan fingerprint density at radius 3 is 2.68 bits per heavy atom. The van der Waals surface area contributed by atoms with E-state index in [1.165, 1.54) is 12.1 Å². The average Bonchev–Trinajstić information content (AvgIpc) is 2.78. The number of halogens is 1. The molecule has 19 heavy (non-hydrogen) atoms. The summed E-state index contributed by atoms with van der Waals surface area (Å²) in [5, 5.41) is 9.49. The van der Waals surface area contributed by atoms with E-state index < -0.39 is 11.4 Å². The minimum Gasteiger partial charge on any atom is -0.481 e. The highest BCUT2D eigenvalue weighted by Crippen LogP contribution is 2.35. The number of carboxylic acid groups (broad SMARTS) is 1. The molecule has 0 amide bonds. The van der Waals surface area contributed by atoms with E-state index in [0.717, 1.165) is 24.2 Å². The molecule has 1 aromatic rings. The highest BCUT2D eigenvalue weighted by atomic mass is 19.1. The van der Waals surface area contributed by atoms with Crippen molar-refractivity contribution in [3.05, 3.63) is 29.6 Å². The van der Waals surface area contributed by atoms with Crippen molar-refractivity contribution >= 4 is 11.7 Å². The second-order valence-corrected chi connectivity index (χ2v) is 5.24. The molecule has 2 rings (SSSR count). The number of benzene rings is 1. The van der Waals surface area contributed by atoms with Crippen LogP contribution in [-0.2, 0) is 11.2 Å². The predicted molar refractivity (Wildman–Crippen MR) is 73.0 cm³/mol. The van der Waals surface area contributed by atoms with E-state index in [4.69, 9.17) is 0 Å². The number of rotatable bonds is 5. The van der Waals surface area contributed by atoms with Crippen molar-refractivity contribution < 1.29 is 14.3 Å². The van der Waals surface area contributed by atoms with E-state index in [9.17, 15) is 14.3 Å². The third kappa shape index (κ3) is 2.44. The Hall–Kier alpha value is -1.58. The van der Waals surface area contributed by atoms with E-state index in [1.54, 1.807) is 6.07 Å². The SMILES string of the molecule is CCC(CC)(CN1CCc2ccc(F)cc21)C(=O)O. The molecule has 0 atom stereocenters. The molecule has 0 saturated carbocycles. The first-order valence-corrected chi connectivity index (χ1v) is 6.79. The summed E-state index contributed by atoms with van der Waals surface area (Å²) in [7, 11) is 0.